The highest BCUT2D eigenvalue weighted by molar-refractivity contribution is 7.99. The Balaban J connectivity index is 1.58. The van der Waals surface area contributed by atoms with E-state index >= 15 is 0 Å². The predicted molar refractivity (Wildman–Crippen MR) is 92.0 cm³/mol. The van der Waals surface area contributed by atoms with Crippen LogP contribution in [0.4, 0.5) is 0 Å². The fraction of sp³-hybridized carbons (Fsp3) is 0.667. The van der Waals surface area contributed by atoms with Crippen LogP contribution < -0.4 is 5.32 Å². The van der Waals surface area contributed by atoms with E-state index in [1.807, 2.05) is 11.8 Å². The summed E-state index contributed by atoms with van der Waals surface area (Å²) in [5.41, 5.74) is 0.460. The van der Waals surface area contributed by atoms with Crippen LogP contribution in [0.25, 0.3) is 0 Å². The van der Waals surface area contributed by atoms with Crippen LogP contribution in [0.2, 0.25) is 0 Å². The Morgan fingerprint density at radius 2 is 1.95 bits per heavy atom. The van der Waals surface area contributed by atoms with Gasteiger partial charge in [0, 0.05) is 41.9 Å². The SMILES string of the molecule is CC1CN(CCSc2ccccc2)C2(CCCCC2)CN1. The zero-order valence-electron chi connectivity index (χ0n) is 13.2. The van der Waals surface area contributed by atoms with Crippen LogP contribution in [0.15, 0.2) is 35.2 Å². The molecule has 1 spiro atoms. The monoisotopic (exact) mass is 304 g/mol. The lowest BCUT2D eigenvalue weighted by Crippen LogP contribution is -2.65. The summed E-state index contributed by atoms with van der Waals surface area (Å²) in [7, 11) is 0. The Kier molecular flexibility index (Phi) is 5.25. The second-order valence-electron chi connectivity index (χ2n) is 6.67. The van der Waals surface area contributed by atoms with Gasteiger partial charge in [-0.05, 0) is 31.9 Å². The number of thioether (sulfide) groups is 1. The van der Waals surface area contributed by atoms with Crippen LogP contribution in [0, 0.1) is 0 Å². The maximum absolute atomic E-state index is 3.73. The van der Waals surface area contributed by atoms with E-state index < -0.39 is 0 Å². The molecule has 1 unspecified atom stereocenters. The average molecular weight is 305 g/mol. The highest BCUT2D eigenvalue weighted by Crippen LogP contribution is 2.35. The van der Waals surface area contributed by atoms with E-state index in [0.29, 0.717) is 11.6 Å². The minimum Gasteiger partial charge on any atom is -0.311 e. The molecule has 1 aromatic rings. The molecule has 116 valence electrons. The Hall–Kier alpha value is -0.510. The number of nitrogens with one attached hydrogen (secondary N) is 1. The first-order valence-corrected chi connectivity index (χ1v) is 9.43. The largest absolute Gasteiger partial charge is 0.311 e. The van der Waals surface area contributed by atoms with Gasteiger partial charge in [0.15, 0.2) is 0 Å². The number of rotatable bonds is 4. The van der Waals surface area contributed by atoms with Crippen LogP contribution in [0.3, 0.4) is 0 Å². The van der Waals surface area contributed by atoms with Gasteiger partial charge in [-0.15, -0.1) is 11.8 Å². The van der Waals surface area contributed by atoms with Crippen molar-refractivity contribution in [3.8, 4) is 0 Å². The third-order valence-electron chi connectivity index (χ3n) is 5.10. The van der Waals surface area contributed by atoms with Crippen LogP contribution in [0.5, 0.6) is 0 Å². The molecule has 2 fully saturated rings. The molecular weight excluding hydrogens is 276 g/mol. The van der Waals surface area contributed by atoms with Crippen molar-refractivity contribution >= 4 is 11.8 Å². The number of hydrogen-bond acceptors (Lipinski definition) is 3. The van der Waals surface area contributed by atoms with Gasteiger partial charge in [0.25, 0.3) is 0 Å². The summed E-state index contributed by atoms with van der Waals surface area (Å²) >= 11 is 2.00. The van der Waals surface area contributed by atoms with Crippen LogP contribution in [-0.4, -0.2) is 41.9 Å². The molecule has 2 nitrogen and oxygen atoms in total. The van der Waals surface area contributed by atoms with Gasteiger partial charge in [0.2, 0.25) is 0 Å². The second kappa shape index (κ2) is 7.17. The maximum atomic E-state index is 3.73. The van der Waals surface area contributed by atoms with E-state index in [9.17, 15) is 0 Å². The number of piperazine rings is 1. The van der Waals surface area contributed by atoms with Crippen molar-refractivity contribution in [1.29, 1.82) is 0 Å². The highest BCUT2D eigenvalue weighted by atomic mass is 32.2. The van der Waals surface area contributed by atoms with Gasteiger partial charge in [-0.25, -0.2) is 0 Å². The first-order chi connectivity index (χ1) is 10.3. The molecule has 1 atom stereocenters. The third kappa shape index (κ3) is 3.82. The molecule has 21 heavy (non-hydrogen) atoms. The van der Waals surface area contributed by atoms with Crippen molar-refractivity contribution in [2.75, 3.05) is 25.4 Å². The maximum Gasteiger partial charge on any atom is 0.0335 e. The lowest BCUT2D eigenvalue weighted by molar-refractivity contribution is 0.0181. The van der Waals surface area contributed by atoms with Gasteiger partial charge in [0.05, 0.1) is 0 Å². The van der Waals surface area contributed by atoms with Crippen molar-refractivity contribution in [3.05, 3.63) is 30.3 Å². The molecule has 3 heteroatoms. The normalized spacial score (nSPS) is 26.0. The quantitative estimate of drug-likeness (QED) is 0.852. The minimum atomic E-state index is 0.460. The smallest absolute Gasteiger partial charge is 0.0335 e. The van der Waals surface area contributed by atoms with Gasteiger partial charge in [-0.1, -0.05) is 37.5 Å². The Morgan fingerprint density at radius 1 is 1.19 bits per heavy atom. The summed E-state index contributed by atoms with van der Waals surface area (Å²) in [6.07, 6.45) is 7.05. The van der Waals surface area contributed by atoms with E-state index in [0.717, 1.165) is 0 Å². The van der Waals surface area contributed by atoms with Crippen LogP contribution in [-0.2, 0) is 0 Å². The molecule has 1 N–H and O–H groups in total. The van der Waals surface area contributed by atoms with E-state index in [2.05, 4.69) is 47.5 Å². The molecule has 0 bridgehead atoms. The van der Waals surface area contributed by atoms with Gasteiger partial charge >= 0.3 is 0 Å². The van der Waals surface area contributed by atoms with Crippen molar-refractivity contribution in [2.24, 2.45) is 0 Å². The van der Waals surface area contributed by atoms with Crippen molar-refractivity contribution in [1.82, 2.24) is 10.2 Å². The zero-order chi connectivity index (χ0) is 14.5. The van der Waals surface area contributed by atoms with E-state index in [-0.39, 0.29) is 0 Å². The lowest BCUT2D eigenvalue weighted by atomic mass is 9.78. The fourth-order valence-electron chi connectivity index (χ4n) is 3.89. The third-order valence-corrected chi connectivity index (χ3v) is 6.09. The van der Waals surface area contributed by atoms with Crippen LogP contribution >= 0.6 is 11.8 Å². The summed E-state index contributed by atoms with van der Waals surface area (Å²) in [5.74, 6) is 1.21. The zero-order valence-corrected chi connectivity index (χ0v) is 14.0. The van der Waals surface area contributed by atoms with Gasteiger partial charge in [0.1, 0.15) is 0 Å². The lowest BCUT2D eigenvalue weighted by Gasteiger charge is -2.51. The molecular formula is C18H28N2S. The molecule has 1 saturated heterocycles. The number of nitrogens with zero attached hydrogens (tertiary/aromatic N) is 1. The first kappa shape index (κ1) is 15.4. The molecule has 1 aliphatic heterocycles. The van der Waals surface area contributed by atoms with Gasteiger partial charge in [-0.2, -0.15) is 0 Å². The van der Waals surface area contributed by atoms with Crippen molar-refractivity contribution < 1.29 is 0 Å². The number of benzene rings is 1. The molecule has 1 heterocycles. The molecule has 0 radical (unpaired) electrons. The Bertz CT molecular complexity index is 428. The van der Waals surface area contributed by atoms with E-state index in [1.54, 1.807) is 0 Å². The van der Waals surface area contributed by atoms with E-state index in [1.165, 1.54) is 62.4 Å². The Labute approximate surface area is 133 Å². The summed E-state index contributed by atoms with van der Waals surface area (Å²) in [4.78, 5) is 4.21. The molecule has 0 amide bonds. The second-order valence-corrected chi connectivity index (χ2v) is 7.84. The first-order valence-electron chi connectivity index (χ1n) is 8.45. The summed E-state index contributed by atoms with van der Waals surface area (Å²) in [5, 5.41) is 3.73. The summed E-state index contributed by atoms with van der Waals surface area (Å²) in [6, 6.07) is 11.5. The van der Waals surface area contributed by atoms with Crippen molar-refractivity contribution in [2.45, 2.75) is 55.5 Å². The Morgan fingerprint density at radius 3 is 2.71 bits per heavy atom. The summed E-state index contributed by atoms with van der Waals surface area (Å²) < 4.78 is 0. The number of hydrogen-bond donors (Lipinski definition) is 1. The molecule has 3 rings (SSSR count). The fourth-order valence-corrected chi connectivity index (χ4v) is 4.78. The minimum absolute atomic E-state index is 0.460. The molecule has 1 aromatic carbocycles. The van der Waals surface area contributed by atoms with Crippen LogP contribution in [0.1, 0.15) is 39.0 Å². The van der Waals surface area contributed by atoms with Gasteiger partial charge in [-0.3, -0.25) is 4.90 Å². The standard InChI is InChI=1S/C18H28N2S/c1-16-14-20(12-13-21-17-8-4-2-5-9-17)18(15-19-16)10-6-3-7-11-18/h2,4-5,8-9,16,19H,3,6-7,10-15H2,1H3. The molecule has 1 aliphatic carbocycles. The molecule has 0 aromatic heterocycles. The predicted octanol–water partition coefficient (Wildman–Crippen LogP) is 3.78. The summed E-state index contributed by atoms with van der Waals surface area (Å²) in [6.45, 7) is 5.97. The molecule has 1 saturated carbocycles. The molecule has 2 aliphatic rings. The van der Waals surface area contributed by atoms with E-state index in [4.69, 9.17) is 0 Å². The highest BCUT2D eigenvalue weighted by Gasteiger charge is 2.40. The van der Waals surface area contributed by atoms with Gasteiger partial charge < -0.3 is 5.32 Å². The average Bonchev–Trinajstić information content (AvgIpc) is 2.53. The van der Waals surface area contributed by atoms with Crippen molar-refractivity contribution in [3.63, 3.8) is 0 Å². The topological polar surface area (TPSA) is 15.3 Å².